The first-order valence-corrected chi connectivity index (χ1v) is 13.8. The van der Waals surface area contributed by atoms with Gasteiger partial charge in [0.05, 0.1) is 74.3 Å². The van der Waals surface area contributed by atoms with Crippen molar-refractivity contribution < 1.29 is 47.6 Å². The predicted molar refractivity (Wildman–Crippen MR) is 151 cm³/mol. The SMILES string of the molecule is CCOC(=O)CC(=O)OCCOCCn1c(=O)c2cc3c(=O)n(CCOCCOC(=O)CC(=O)OCC)c(=O)c3cc2c1=O. The summed E-state index contributed by atoms with van der Waals surface area (Å²) in [6, 6.07) is 2.44. The second kappa shape index (κ2) is 16.2. The molecule has 0 amide bonds. The monoisotopic (exact) mass is 620 g/mol. The van der Waals surface area contributed by atoms with E-state index in [1.165, 1.54) is 12.1 Å². The Morgan fingerprint density at radius 3 is 1.14 bits per heavy atom. The fourth-order valence-corrected chi connectivity index (χ4v) is 4.19. The lowest BCUT2D eigenvalue weighted by atomic mass is 10.1. The molecule has 238 valence electrons. The maximum absolute atomic E-state index is 12.9. The highest BCUT2D eigenvalue weighted by Crippen LogP contribution is 2.14. The number of hydrogen-bond donors (Lipinski definition) is 0. The molecule has 16 heteroatoms. The lowest BCUT2D eigenvalue weighted by Gasteiger charge is -2.06. The molecule has 0 radical (unpaired) electrons. The van der Waals surface area contributed by atoms with Gasteiger partial charge in [-0.15, -0.1) is 0 Å². The number of aromatic nitrogens is 2. The molecule has 0 spiro atoms. The van der Waals surface area contributed by atoms with Crippen LogP contribution < -0.4 is 22.2 Å². The van der Waals surface area contributed by atoms with Crippen LogP contribution in [0.1, 0.15) is 26.7 Å². The van der Waals surface area contributed by atoms with E-state index in [-0.39, 0.29) is 87.5 Å². The predicted octanol–water partition coefficient (Wildman–Crippen LogP) is -1.06. The molecule has 0 aliphatic carbocycles. The van der Waals surface area contributed by atoms with E-state index in [1.807, 2.05) is 0 Å². The van der Waals surface area contributed by atoms with Crippen molar-refractivity contribution in [3.63, 3.8) is 0 Å². The quantitative estimate of drug-likeness (QED) is 0.0720. The third-order valence-electron chi connectivity index (χ3n) is 6.15. The van der Waals surface area contributed by atoms with E-state index < -0.39 is 59.0 Å². The van der Waals surface area contributed by atoms with Crippen molar-refractivity contribution in [2.45, 2.75) is 39.8 Å². The van der Waals surface area contributed by atoms with Crippen LogP contribution in [0.25, 0.3) is 21.5 Å². The molecule has 2 aromatic heterocycles. The largest absolute Gasteiger partial charge is 0.466 e. The molecule has 0 aliphatic rings. The van der Waals surface area contributed by atoms with Crippen LogP contribution in [-0.4, -0.2) is 85.9 Å². The highest BCUT2D eigenvalue weighted by atomic mass is 16.6. The molecule has 3 aromatic rings. The Balaban J connectivity index is 1.54. The summed E-state index contributed by atoms with van der Waals surface area (Å²) in [6.07, 6.45) is -1.05. The van der Waals surface area contributed by atoms with E-state index in [4.69, 9.17) is 18.9 Å². The van der Waals surface area contributed by atoms with Gasteiger partial charge in [-0.25, -0.2) is 0 Å². The molecular weight excluding hydrogens is 588 g/mol. The number of fused-ring (bicyclic) bond motifs is 2. The van der Waals surface area contributed by atoms with Gasteiger partial charge in [-0.2, -0.15) is 0 Å². The Kier molecular flexibility index (Phi) is 12.5. The second-order valence-corrected chi connectivity index (χ2v) is 9.10. The van der Waals surface area contributed by atoms with Gasteiger partial charge in [0, 0.05) is 0 Å². The van der Waals surface area contributed by atoms with Gasteiger partial charge < -0.3 is 28.4 Å². The molecule has 0 unspecified atom stereocenters. The summed E-state index contributed by atoms with van der Waals surface area (Å²) >= 11 is 0. The summed E-state index contributed by atoms with van der Waals surface area (Å²) in [4.78, 5) is 97.1. The molecule has 0 N–H and O–H groups in total. The zero-order valence-electron chi connectivity index (χ0n) is 24.2. The number of hydrogen-bond acceptors (Lipinski definition) is 14. The maximum Gasteiger partial charge on any atom is 0.317 e. The van der Waals surface area contributed by atoms with E-state index in [0.29, 0.717) is 0 Å². The van der Waals surface area contributed by atoms with E-state index in [1.54, 1.807) is 13.8 Å². The van der Waals surface area contributed by atoms with Crippen LogP contribution in [0.4, 0.5) is 0 Å². The minimum atomic E-state index is -0.776. The molecule has 3 rings (SSSR count). The Morgan fingerprint density at radius 2 is 0.818 bits per heavy atom. The summed E-state index contributed by atoms with van der Waals surface area (Å²) in [5.41, 5.74) is -2.62. The Hall–Kier alpha value is -4.70. The molecule has 0 saturated carbocycles. The van der Waals surface area contributed by atoms with Crippen LogP contribution in [0.3, 0.4) is 0 Å². The van der Waals surface area contributed by atoms with Gasteiger partial charge in [0.15, 0.2) is 0 Å². The average molecular weight is 621 g/mol. The summed E-state index contributed by atoms with van der Waals surface area (Å²) < 4.78 is 31.4. The number of ether oxygens (including phenoxy) is 6. The Bertz CT molecular complexity index is 1510. The van der Waals surface area contributed by atoms with Crippen molar-refractivity contribution in [2.75, 3.05) is 52.9 Å². The molecule has 0 bridgehead atoms. The van der Waals surface area contributed by atoms with E-state index in [2.05, 4.69) is 9.47 Å². The summed E-state index contributed by atoms with van der Waals surface area (Å²) in [5, 5.41) is -0.0906. The molecule has 1 aromatic carbocycles. The lowest BCUT2D eigenvalue weighted by Crippen LogP contribution is -2.28. The smallest absolute Gasteiger partial charge is 0.317 e. The molecule has 44 heavy (non-hydrogen) atoms. The highest BCUT2D eigenvalue weighted by Gasteiger charge is 2.19. The third kappa shape index (κ3) is 8.67. The van der Waals surface area contributed by atoms with Gasteiger partial charge in [0.1, 0.15) is 26.1 Å². The van der Waals surface area contributed by atoms with Crippen molar-refractivity contribution >= 4 is 45.4 Å². The summed E-state index contributed by atoms with van der Waals surface area (Å²) in [7, 11) is 0. The fourth-order valence-electron chi connectivity index (χ4n) is 4.19. The summed E-state index contributed by atoms with van der Waals surface area (Å²) in [6.45, 7) is 2.70. The van der Waals surface area contributed by atoms with E-state index >= 15 is 0 Å². The molecule has 0 fully saturated rings. The minimum absolute atomic E-state index is 0.0227. The van der Waals surface area contributed by atoms with Gasteiger partial charge in [-0.1, -0.05) is 0 Å². The zero-order chi connectivity index (χ0) is 32.2. The highest BCUT2D eigenvalue weighted by molar-refractivity contribution is 5.98. The van der Waals surface area contributed by atoms with Crippen LogP contribution >= 0.6 is 0 Å². The van der Waals surface area contributed by atoms with Gasteiger partial charge in [0.25, 0.3) is 22.2 Å². The number of rotatable bonds is 18. The van der Waals surface area contributed by atoms with Gasteiger partial charge in [0.2, 0.25) is 0 Å². The van der Waals surface area contributed by atoms with Crippen molar-refractivity contribution in [1.29, 1.82) is 0 Å². The first-order chi connectivity index (χ1) is 21.1. The van der Waals surface area contributed by atoms with Gasteiger partial charge in [-0.05, 0) is 26.0 Å². The molecule has 0 atom stereocenters. The van der Waals surface area contributed by atoms with Crippen molar-refractivity contribution in [3.8, 4) is 0 Å². The number of carbonyl (C=O) groups is 4. The van der Waals surface area contributed by atoms with Crippen LogP contribution in [0, 0.1) is 0 Å². The van der Waals surface area contributed by atoms with Crippen LogP contribution in [-0.2, 0) is 60.7 Å². The van der Waals surface area contributed by atoms with Crippen molar-refractivity contribution in [2.24, 2.45) is 0 Å². The van der Waals surface area contributed by atoms with E-state index in [9.17, 15) is 38.4 Å². The first kappa shape index (κ1) is 33.8. The van der Waals surface area contributed by atoms with Crippen molar-refractivity contribution in [1.82, 2.24) is 9.13 Å². The topological polar surface area (TPSA) is 202 Å². The number of nitrogens with zero attached hydrogens (tertiary/aromatic N) is 2. The normalized spacial score (nSPS) is 11.1. The first-order valence-electron chi connectivity index (χ1n) is 13.8. The summed E-state index contributed by atoms with van der Waals surface area (Å²) in [5.74, 6) is -2.96. The molecule has 2 heterocycles. The van der Waals surface area contributed by atoms with E-state index in [0.717, 1.165) is 9.13 Å². The number of esters is 4. The Morgan fingerprint density at radius 1 is 0.500 bits per heavy atom. The van der Waals surface area contributed by atoms with Crippen LogP contribution in [0.2, 0.25) is 0 Å². The van der Waals surface area contributed by atoms with Crippen LogP contribution in [0.15, 0.2) is 31.3 Å². The zero-order valence-corrected chi connectivity index (χ0v) is 24.2. The average Bonchev–Trinajstić information content (AvgIpc) is 3.35. The Labute approximate surface area is 248 Å². The maximum atomic E-state index is 12.9. The van der Waals surface area contributed by atoms with Gasteiger partial charge in [-0.3, -0.25) is 47.5 Å². The van der Waals surface area contributed by atoms with Crippen molar-refractivity contribution in [3.05, 3.63) is 53.5 Å². The lowest BCUT2D eigenvalue weighted by molar-refractivity contribution is -0.157. The second-order valence-electron chi connectivity index (χ2n) is 9.10. The standard InChI is InChI=1S/C28H32N2O14/c1-3-41-21(31)15-23(33)43-11-9-39-7-5-29-25(35)17-13-19-20(14-18(17)26(29)36)28(38)30(27(19)37)6-8-40-10-12-44-24(34)16-22(32)42-4-2/h13-14H,3-12,15-16H2,1-2H3. The fraction of sp³-hybridized carbons (Fsp3) is 0.500. The third-order valence-corrected chi connectivity index (χ3v) is 6.15. The molecular formula is C28H32N2O14. The molecule has 0 saturated heterocycles. The van der Waals surface area contributed by atoms with Gasteiger partial charge >= 0.3 is 23.9 Å². The number of carbonyl (C=O) groups excluding carboxylic acids is 4. The molecule has 0 aliphatic heterocycles. The minimum Gasteiger partial charge on any atom is -0.466 e. The number of benzene rings is 1. The van der Waals surface area contributed by atoms with Crippen LogP contribution in [0.5, 0.6) is 0 Å². The molecule has 16 nitrogen and oxygen atoms in total.